The Labute approximate surface area is 131 Å². The number of alkyl halides is 3. The van der Waals surface area contributed by atoms with Gasteiger partial charge < -0.3 is 5.11 Å². The van der Waals surface area contributed by atoms with Crippen LogP contribution in [0.2, 0.25) is 0 Å². The normalized spacial score (nSPS) is 12.0. The molecule has 0 aliphatic carbocycles. The van der Waals surface area contributed by atoms with Crippen LogP contribution in [-0.2, 0) is 0 Å². The summed E-state index contributed by atoms with van der Waals surface area (Å²) in [6.07, 6.45) is -4.91. The molecule has 0 bridgehead atoms. The zero-order valence-corrected chi connectivity index (χ0v) is 13.2. The van der Waals surface area contributed by atoms with Gasteiger partial charge in [0.15, 0.2) is 5.78 Å². The number of carbonyl (C=O) groups excluding carboxylic acids is 1. The SMILES string of the molecule is Cc1cc(C)c(C(=O)/C=C(\[O-])C(F)(F)F)c(C)c1.[Na+]. The summed E-state index contributed by atoms with van der Waals surface area (Å²) in [7, 11) is 0. The van der Waals surface area contributed by atoms with Gasteiger partial charge in [0.2, 0.25) is 0 Å². The number of benzene rings is 1. The van der Waals surface area contributed by atoms with Crippen LogP contribution in [0.25, 0.3) is 0 Å². The van der Waals surface area contributed by atoms with E-state index in [-0.39, 0.29) is 41.2 Å². The summed E-state index contributed by atoms with van der Waals surface area (Å²) in [5.41, 5.74) is 2.18. The van der Waals surface area contributed by atoms with E-state index in [1.165, 1.54) is 0 Å². The molecular weight excluding hydrogens is 268 g/mol. The average molecular weight is 280 g/mol. The van der Waals surface area contributed by atoms with Crippen LogP contribution in [0.1, 0.15) is 27.0 Å². The summed E-state index contributed by atoms with van der Waals surface area (Å²) in [6.45, 7) is 5.07. The van der Waals surface area contributed by atoms with Gasteiger partial charge in [-0.1, -0.05) is 17.7 Å². The van der Waals surface area contributed by atoms with Crippen molar-refractivity contribution < 1.29 is 52.6 Å². The van der Waals surface area contributed by atoms with Crippen LogP contribution < -0.4 is 34.7 Å². The zero-order valence-electron chi connectivity index (χ0n) is 11.2. The van der Waals surface area contributed by atoms with E-state index in [1.807, 2.05) is 6.92 Å². The fraction of sp³-hybridized carbons (Fsp3) is 0.308. The van der Waals surface area contributed by atoms with Crippen LogP contribution in [0.15, 0.2) is 24.0 Å². The summed E-state index contributed by atoms with van der Waals surface area (Å²) in [6, 6.07) is 3.37. The first kappa shape index (κ1) is 18.2. The molecule has 0 amide bonds. The Morgan fingerprint density at radius 3 is 1.95 bits per heavy atom. The Balaban J connectivity index is 0.00000324. The molecule has 1 aromatic carbocycles. The molecule has 0 atom stereocenters. The van der Waals surface area contributed by atoms with Gasteiger partial charge in [-0.3, -0.25) is 4.79 Å². The molecule has 0 aromatic heterocycles. The van der Waals surface area contributed by atoms with Gasteiger partial charge in [-0.05, 0) is 43.7 Å². The molecule has 0 saturated heterocycles. The first-order valence-corrected chi connectivity index (χ1v) is 5.21. The van der Waals surface area contributed by atoms with Crippen molar-refractivity contribution in [1.82, 2.24) is 0 Å². The predicted molar refractivity (Wildman–Crippen MR) is 59.1 cm³/mol. The van der Waals surface area contributed by atoms with Crippen LogP contribution in [0, 0.1) is 20.8 Å². The summed E-state index contributed by atoms with van der Waals surface area (Å²) in [5, 5.41) is 10.7. The second-order valence-corrected chi connectivity index (χ2v) is 4.14. The third-order valence-corrected chi connectivity index (χ3v) is 2.47. The number of allylic oxidation sites excluding steroid dienone is 2. The van der Waals surface area contributed by atoms with Gasteiger partial charge in [0.25, 0.3) is 0 Å². The fourth-order valence-electron chi connectivity index (χ4n) is 1.84. The number of ketones is 1. The molecule has 0 heterocycles. The molecule has 0 saturated carbocycles. The zero-order chi connectivity index (χ0) is 14.1. The van der Waals surface area contributed by atoms with Gasteiger partial charge in [0.05, 0.1) is 0 Å². The van der Waals surface area contributed by atoms with E-state index in [9.17, 15) is 23.1 Å². The van der Waals surface area contributed by atoms with Crippen molar-refractivity contribution in [2.24, 2.45) is 0 Å². The molecule has 1 aromatic rings. The molecule has 1 rings (SSSR count). The van der Waals surface area contributed by atoms with Crippen molar-refractivity contribution in [2.75, 3.05) is 0 Å². The van der Waals surface area contributed by atoms with Crippen molar-refractivity contribution in [3.8, 4) is 0 Å². The maximum absolute atomic E-state index is 12.1. The first-order valence-electron chi connectivity index (χ1n) is 5.21. The van der Waals surface area contributed by atoms with Gasteiger partial charge in [-0.15, -0.1) is 0 Å². The van der Waals surface area contributed by atoms with E-state index in [2.05, 4.69) is 0 Å². The fourth-order valence-corrected chi connectivity index (χ4v) is 1.84. The second kappa shape index (κ2) is 6.59. The molecule has 0 unspecified atom stereocenters. The minimum absolute atomic E-state index is 0. The largest absolute Gasteiger partial charge is 1.00 e. The van der Waals surface area contributed by atoms with Crippen molar-refractivity contribution in [3.05, 3.63) is 46.2 Å². The third kappa shape index (κ3) is 4.67. The third-order valence-electron chi connectivity index (χ3n) is 2.47. The molecule has 0 spiro atoms. The van der Waals surface area contributed by atoms with Crippen LogP contribution in [0.3, 0.4) is 0 Å². The molecule has 0 aliphatic heterocycles. The monoisotopic (exact) mass is 280 g/mol. The Bertz CT molecular complexity index is 496. The number of halogens is 3. The van der Waals surface area contributed by atoms with Gasteiger partial charge >= 0.3 is 35.7 Å². The summed E-state index contributed by atoms with van der Waals surface area (Å²) in [4.78, 5) is 11.7. The van der Waals surface area contributed by atoms with E-state index < -0.39 is 17.7 Å². The van der Waals surface area contributed by atoms with E-state index in [4.69, 9.17) is 0 Å². The van der Waals surface area contributed by atoms with E-state index in [0.29, 0.717) is 11.1 Å². The van der Waals surface area contributed by atoms with E-state index >= 15 is 0 Å². The summed E-state index contributed by atoms with van der Waals surface area (Å²) in [5.74, 6) is -3.04. The second-order valence-electron chi connectivity index (χ2n) is 4.14. The first-order chi connectivity index (χ1) is 8.12. The van der Waals surface area contributed by atoms with Crippen LogP contribution in [0.5, 0.6) is 0 Å². The quantitative estimate of drug-likeness (QED) is 0.320. The molecule has 0 fully saturated rings. The number of rotatable bonds is 2. The van der Waals surface area contributed by atoms with Crippen molar-refractivity contribution in [3.63, 3.8) is 0 Å². The standard InChI is InChI=1S/C13H13F3O2.Na/c1-7-4-8(2)12(9(3)5-7)10(17)6-11(18)13(14,15)16;/h4-6,18H,1-3H3;/q;+1/p-1/b11-6-;. The maximum Gasteiger partial charge on any atom is 1.00 e. The minimum atomic E-state index is -5.01. The van der Waals surface area contributed by atoms with E-state index in [1.54, 1.807) is 26.0 Å². The predicted octanol–water partition coefficient (Wildman–Crippen LogP) is -0.395. The molecule has 19 heavy (non-hydrogen) atoms. The number of carbonyl (C=O) groups is 1. The smallest absolute Gasteiger partial charge is 0.869 e. The van der Waals surface area contributed by atoms with Gasteiger partial charge in [0.1, 0.15) is 0 Å². The Morgan fingerprint density at radius 2 is 1.58 bits per heavy atom. The molecule has 0 aliphatic rings. The van der Waals surface area contributed by atoms with Crippen molar-refractivity contribution in [2.45, 2.75) is 26.9 Å². The van der Waals surface area contributed by atoms with Crippen LogP contribution in [0.4, 0.5) is 13.2 Å². The summed E-state index contributed by atoms with van der Waals surface area (Å²) < 4.78 is 36.2. The number of hydrogen-bond acceptors (Lipinski definition) is 2. The van der Waals surface area contributed by atoms with Crippen LogP contribution in [-0.4, -0.2) is 12.0 Å². The van der Waals surface area contributed by atoms with Gasteiger partial charge in [-0.25, -0.2) is 0 Å². The van der Waals surface area contributed by atoms with Crippen LogP contribution >= 0.6 is 0 Å². The molecule has 98 valence electrons. The Kier molecular flexibility index (Phi) is 6.32. The topological polar surface area (TPSA) is 40.1 Å². The van der Waals surface area contributed by atoms with Gasteiger partial charge in [-0.2, -0.15) is 13.2 Å². The molecule has 6 heteroatoms. The molecule has 0 N–H and O–H groups in total. The number of hydrogen-bond donors (Lipinski definition) is 0. The minimum Gasteiger partial charge on any atom is -0.869 e. The average Bonchev–Trinajstić information content (AvgIpc) is 2.13. The molecule has 0 radical (unpaired) electrons. The summed E-state index contributed by atoms with van der Waals surface area (Å²) >= 11 is 0. The molecule has 2 nitrogen and oxygen atoms in total. The Morgan fingerprint density at radius 1 is 1.16 bits per heavy atom. The van der Waals surface area contributed by atoms with Crippen molar-refractivity contribution in [1.29, 1.82) is 0 Å². The van der Waals surface area contributed by atoms with E-state index in [0.717, 1.165) is 5.56 Å². The Hall–Kier alpha value is -0.780. The van der Waals surface area contributed by atoms with Crippen molar-refractivity contribution >= 4 is 5.78 Å². The number of aryl methyl sites for hydroxylation is 3. The molecular formula is C13H12F3NaO2. The maximum atomic E-state index is 12.1. The van der Waals surface area contributed by atoms with Gasteiger partial charge in [0, 0.05) is 5.56 Å².